The zero-order valence-corrected chi connectivity index (χ0v) is 12.1. The van der Waals surface area contributed by atoms with Crippen molar-refractivity contribution in [1.82, 2.24) is 4.90 Å². The molecule has 1 aromatic carbocycles. The molecular formula is C12H15BrN2O3. The third-order valence-corrected chi connectivity index (χ3v) is 3.80. The average molecular weight is 315 g/mol. The summed E-state index contributed by atoms with van der Waals surface area (Å²) in [5.41, 5.74) is 0.634. The van der Waals surface area contributed by atoms with E-state index in [0.717, 1.165) is 0 Å². The Labute approximate surface area is 114 Å². The molecule has 1 unspecified atom stereocenters. The second-order valence-electron chi connectivity index (χ2n) is 4.15. The van der Waals surface area contributed by atoms with E-state index >= 15 is 0 Å². The Kier molecular flexibility index (Phi) is 4.84. The lowest BCUT2D eigenvalue weighted by Gasteiger charge is -2.23. The number of carbonyl (C=O) groups excluding carboxylic acids is 1. The largest absolute Gasteiger partial charge is 0.338 e. The highest BCUT2D eigenvalue weighted by Gasteiger charge is 2.26. The van der Waals surface area contributed by atoms with E-state index in [0.29, 0.717) is 10.9 Å². The number of rotatable bonds is 4. The van der Waals surface area contributed by atoms with E-state index in [9.17, 15) is 14.9 Å². The maximum Gasteiger partial charge on any atom is 0.282 e. The van der Waals surface area contributed by atoms with E-state index in [1.54, 1.807) is 26.1 Å². The quantitative estimate of drug-likeness (QED) is 0.487. The first-order valence-electron chi connectivity index (χ1n) is 5.47. The summed E-state index contributed by atoms with van der Waals surface area (Å²) >= 11 is 3.29. The molecule has 0 aliphatic heterocycles. The number of hydrogen-bond acceptors (Lipinski definition) is 3. The number of hydrogen-bond donors (Lipinski definition) is 0. The first-order valence-corrected chi connectivity index (χ1v) is 6.59. The van der Waals surface area contributed by atoms with Gasteiger partial charge >= 0.3 is 0 Å². The maximum atomic E-state index is 12.3. The first-order chi connectivity index (χ1) is 8.40. The van der Waals surface area contributed by atoms with Crippen molar-refractivity contribution in [1.29, 1.82) is 0 Å². The molecule has 98 valence electrons. The summed E-state index contributed by atoms with van der Waals surface area (Å²) in [6.45, 7) is 3.57. The van der Waals surface area contributed by atoms with Crippen molar-refractivity contribution in [2.75, 3.05) is 12.4 Å². The van der Waals surface area contributed by atoms with Gasteiger partial charge in [0.15, 0.2) is 0 Å². The van der Waals surface area contributed by atoms with Crippen LogP contribution in [-0.4, -0.2) is 34.2 Å². The third-order valence-electron chi connectivity index (χ3n) is 2.87. The lowest BCUT2D eigenvalue weighted by Crippen LogP contribution is -2.36. The summed E-state index contributed by atoms with van der Waals surface area (Å²) in [5.74, 6) is -0.327. The van der Waals surface area contributed by atoms with Gasteiger partial charge in [-0.15, -0.1) is 0 Å². The van der Waals surface area contributed by atoms with Crippen molar-refractivity contribution < 1.29 is 9.72 Å². The summed E-state index contributed by atoms with van der Waals surface area (Å²) in [6.07, 6.45) is 0. The Morgan fingerprint density at radius 1 is 1.56 bits per heavy atom. The fourth-order valence-electron chi connectivity index (χ4n) is 1.56. The zero-order valence-electron chi connectivity index (χ0n) is 10.5. The number of aryl methyl sites for hydroxylation is 1. The van der Waals surface area contributed by atoms with Crippen LogP contribution in [0.15, 0.2) is 18.2 Å². The van der Waals surface area contributed by atoms with Crippen molar-refractivity contribution in [2.24, 2.45) is 0 Å². The maximum absolute atomic E-state index is 12.3. The third kappa shape index (κ3) is 2.87. The minimum absolute atomic E-state index is 0.0308. The van der Waals surface area contributed by atoms with Gasteiger partial charge in [0.25, 0.3) is 11.6 Å². The minimum Gasteiger partial charge on any atom is -0.338 e. The van der Waals surface area contributed by atoms with Gasteiger partial charge in [-0.3, -0.25) is 14.9 Å². The Morgan fingerprint density at radius 3 is 2.67 bits per heavy atom. The molecule has 0 saturated carbocycles. The van der Waals surface area contributed by atoms with E-state index in [1.165, 1.54) is 11.0 Å². The molecule has 1 amide bonds. The van der Waals surface area contributed by atoms with Crippen molar-refractivity contribution in [3.8, 4) is 0 Å². The van der Waals surface area contributed by atoms with E-state index in [2.05, 4.69) is 15.9 Å². The van der Waals surface area contributed by atoms with E-state index in [-0.39, 0.29) is 23.2 Å². The molecule has 1 aromatic rings. The monoisotopic (exact) mass is 314 g/mol. The number of alkyl halides is 1. The number of nitro benzene ring substituents is 1. The molecule has 0 saturated heterocycles. The molecule has 0 N–H and O–H groups in total. The predicted octanol–water partition coefficient (Wildman–Crippen LogP) is 2.76. The Bertz CT molecular complexity index is 476. The fraction of sp³-hybridized carbons (Fsp3) is 0.417. The molecule has 0 aromatic heterocycles. The summed E-state index contributed by atoms with van der Waals surface area (Å²) in [4.78, 5) is 24.2. The van der Waals surface area contributed by atoms with Crippen LogP contribution in [0, 0.1) is 17.0 Å². The van der Waals surface area contributed by atoms with Crippen LogP contribution in [0.3, 0.4) is 0 Å². The van der Waals surface area contributed by atoms with Crippen LogP contribution in [0.1, 0.15) is 22.8 Å². The molecule has 0 heterocycles. The molecule has 5 nitrogen and oxygen atoms in total. The molecule has 0 radical (unpaired) electrons. The Morgan fingerprint density at radius 2 is 2.17 bits per heavy atom. The second-order valence-corrected chi connectivity index (χ2v) is 4.79. The molecule has 0 bridgehead atoms. The van der Waals surface area contributed by atoms with Crippen LogP contribution in [0.4, 0.5) is 5.69 Å². The van der Waals surface area contributed by atoms with Gasteiger partial charge in [0.2, 0.25) is 0 Å². The highest BCUT2D eigenvalue weighted by atomic mass is 79.9. The smallest absolute Gasteiger partial charge is 0.282 e. The first kappa shape index (κ1) is 14.6. The van der Waals surface area contributed by atoms with Gasteiger partial charge in [-0.25, -0.2) is 0 Å². The van der Waals surface area contributed by atoms with Crippen molar-refractivity contribution >= 4 is 27.5 Å². The van der Waals surface area contributed by atoms with Gasteiger partial charge in [-0.2, -0.15) is 0 Å². The summed E-state index contributed by atoms with van der Waals surface area (Å²) in [6, 6.07) is 4.61. The molecule has 6 heteroatoms. The lowest BCUT2D eigenvalue weighted by molar-refractivity contribution is -0.385. The molecule has 1 rings (SSSR count). The fourth-order valence-corrected chi connectivity index (χ4v) is 2.00. The SMILES string of the molecule is Cc1cccc([N+](=O)[O-])c1C(=O)N(C)C(C)CBr. The Balaban J connectivity index is 3.24. The predicted molar refractivity (Wildman–Crippen MR) is 73.2 cm³/mol. The number of carbonyl (C=O) groups is 1. The van der Waals surface area contributed by atoms with Gasteiger partial charge in [0, 0.05) is 24.5 Å². The molecule has 1 atom stereocenters. The number of nitro groups is 1. The van der Waals surface area contributed by atoms with Crippen molar-refractivity contribution in [2.45, 2.75) is 19.9 Å². The van der Waals surface area contributed by atoms with Crippen LogP contribution in [0.2, 0.25) is 0 Å². The summed E-state index contributed by atoms with van der Waals surface area (Å²) < 4.78 is 0. The number of amides is 1. The van der Waals surface area contributed by atoms with Gasteiger partial charge in [-0.1, -0.05) is 28.1 Å². The number of nitrogens with zero attached hydrogens (tertiary/aromatic N) is 2. The van der Waals surface area contributed by atoms with Gasteiger partial charge in [-0.05, 0) is 19.4 Å². The van der Waals surface area contributed by atoms with E-state index < -0.39 is 4.92 Å². The van der Waals surface area contributed by atoms with E-state index in [1.807, 2.05) is 6.92 Å². The van der Waals surface area contributed by atoms with Crippen molar-refractivity contribution in [3.63, 3.8) is 0 Å². The number of benzene rings is 1. The summed E-state index contributed by atoms with van der Waals surface area (Å²) in [5, 5.41) is 11.6. The number of halogens is 1. The molecule has 0 aliphatic carbocycles. The van der Waals surface area contributed by atoms with Crippen LogP contribution >= 0.6 is 15.9 Å². The van der Waals surface area contributed by atoms with E-state index in [4.69, 9.17) is 0 Å². The highest BCUT2D eigenvalue weighted by Crippen LogP contribution is 2.23. The van der Waals surface area contributed by atoms with Crippen molar-refractivity contribution in [3.05, 3.63) is 39.4 Å². The molecular weight excluding hydrogens is 300 g/mol. The van der Waals surface area contributed by atoms with Gasteiger partial charge < -0.3 is 4.90 Å². The second kappa shape index (κ2) is 5.95. The molecule has 0 fully saturated rings. The van der Waals surface area contributed by atoms with Gasteiger partial charge in [0.1, 0.15) is 5.56 Å². The van der Waals surface area contributed by atoms with Crippen LogP contribution in [0.5, 0.6) is 0 Å². The molecule has 0 spiro atoms. The molecule has 18 heavy (non-hydrogen) atoms. The Hall–Kier alpha value is -1.43. The van der Waals surface area contributed by atoms with Gasteiger partial charge in [0.05, 0.1) is 4.92 Å². The standard InChI is InChI=1S/C12H15BrN2O3/c1-8-5-4-6-10(15(17)18)11(8)12(16)14(3)9(2)7-13/h4-6,9H,7H2,1-3H3. The topological polar surface area (TPSA) is 63.5 Å². The highest BCUT2D eigenvalue weighted by molar-refractivity contribution is 9.09. The normalized spacial score (nSPS) is 12.0. The molecule has 0 aliphatic rings. The van der Waals surface area contributed by atoms with Crippen LogP contribution in [0.25, 0.3) is 0 Å². The zero-order chi connectivity index (χ0) is 13.9. The van der Waals surface area contributed by atoms with Crippen LogP contribution in [-0.2, 0) is 0 Å². The average Bonchev–Trinajstić information content (AvgIpc) is 2.35. The van der Waals surface area contributed by atoms with Crippen LogP contribution < -0.4 is 0 Å². The summed E-state index contributed by atoms with van der Waals surface area (Å²) in [7, 11) is 1.64. The minimum atomic E-state index is -0.521. The lowest BCUT2D eigenvalue weighted by atomic mass is 10.0.